The number of methoxy groups -OCH3 is 1. The Bertz CT molecular complexity index is 474. The molecular weight excluding hydrogens is 254 g/mol. The molecule has 0 amide bonds. The minimum Gasteiger partial charge on any atom is -0.383 e. The molecule has 1 fully saturated rings. The number of aromatic amines is 1. The number of hydrogen-bond acceptors (Lipinski definition) is 4. The highest BCUT2D eigenvalue weighted by Crippen LogP contribution is 2.19. The number of piperidine rings is 1. The summed E-state index contributed by atoms with van der Waals surface area (Å²) in [4.78, 5) is 16.6. The van der Waals surface area contributed by atoms with Gasteiger partial charge in [0.05, 0.1) is 6.61 Å². The lowest BCUT2D eigenvalue weighted by Crippen LogP contribution is -2.55. The number of likely N-dealkylation sites (tertiary alicyclic amines) is 1. The van der Waals surface area contributed by atoms with E-state index in [1.165, 1.54) is 6.42 Å². The van der Waals surface area contributed by atoms with Crippen molar-refractivity contribution in [3.05, 3.63) is 34.2 Å². The molecule has 3 unspecified atom stereocenters. The van der Waals surface area contributed by atoms with E-state index in [4.69, 9.17) is 4.74 Å². The molecule has 0 aliphatic carbocycles. The highest BCUT2D eigenvalue weighted by atomic mass is 16.5. The van der Waals surface area contributed by atoms with Crippen molar-refractivity contribution in [1.29, 1.82) is 0 Å². The highest BCUT2D eigenvalue weighted by Gasteiger charge is 2.30. The molecule has 112 valence electrons. The number of H-pyrrole nitrogens is 1. The maximum atomic E-state index is 11.4. The van der Waals surface area contributed by atoms with E-state index in [1.807, 2.05) is 6.07 Å². The van der Waals surface area contributed by atoms with E-state index < -0.39 is 0 Å². The summed E-state index contributed by atoms with van der Waals surface area (Å²) in [6.45, 7) is 3.93. The minimum absolute atomic E-state index is 0.0506. The predicted octanol–water partition coefficient (Wildman–Crippen LogP) is 1.13. The van der Waals surface area contributed by atoms with Gasteiger partial charge >= 0.3 is 0 Å². The summed E-state index contributed by atoms with van der Waals surface area (Å²) in [6.07, 6.45) is 2.33. The Morgan fingerprint density at radius 2 is 2.35 bits per heavy atom. The van der Waals surface area contributed by atoms with Crippen LogP contribution in [-0.2, 0) is 4.74 Å². The number of rotatable bonds is 5. The smallest absolute Gasteiger partial charge is 0.248 e. The largest absolute Gasteiger partial charge is 0.383 e. The van der Waals surface area contributed by atoms with Crippen molar-refractivity contribution in [1.82, 2.24) is 15.2 Å². The molecule has 1 saturated heterocycles. The molecule has 20 heavy (non-hydrogen) atoms. The van der Waals surface area contributed by atoms with Crippen molar-refractivity contribution in [2.45, 2.75) is 37.9 Å². The van der Waals surface area contributed by atoms with Gasteiger partial charge < -0.3 is 15.0 Å². The fraction of sp³-hybridized carbons (Fsp3) is 0.667. The van der Waals surface area contributed by atoms with Crippen LogP contribution in [-0.4, -0.2) is 49.3 Å². The summed E-state index contributed by atoms with van der Waals surface area (Å²) >= 11 is 0. The van der Waals surface area contributed by atoms with Gasteiger partial charge in [-0.25, -0.2) is 0 Å². The Hall–Kier alpha value is -1.17. The molecule has 5 nitrogen and oxygen atoms in total. The van der Waals surface area contributed by atoms with Gasteiger partial charge in [-0.15, -0.1) is 0 Å². The van der Waals surface area contributed by atoms with Gasteiger partial charge in [-0.3, -0.25) is 9.69 Å². The number of nitrogens with one attached hydrogen (secondary N) is 2. The van der Waals surface area contributed by atoms with E-state index in [2.05, 4.69) is 29.2 Å². The van der Waals surface area contributed by atoms with Crippen LogP contribution in [0.3, 0.4) is 0 Å². The summed E-state index contributed by atoms with van der Waals surface area (Å²) in [5.41, 5.74) is 0.882. The van der Waals surface area contributed by atoms with Gasteiger partial charge in [0.2, 0.25) is 5.56 Å². The monoisotopic (exact) mass is 279 g/mol. The highest BCUT2D eigenvalue weighted by molar-refractivity contribution is 5.08. The molecule has 5 heteroatoms. The molecule has 1 aromatic heterocycles. The fourth-order valence-electron chi connectivity index (χ4n) is 2.96. The lowest BCUT2D eigenvalue weighted by Gasteiger charge is -2.40. The van der Waals surface area contributed by atoms with Gasteiger partial charge in [0.1, 0.15) is 0 Å². The summed E-state index contributed by atoms with van der Waals surface area (Å²) in [6, 6.07) is 6.18. The van der Waals surface area contributed by atoms with Crippen LogP contribution in [0.2, 0.25) is 0 Å². The zero-order valence-corrected chi connectivity index (χ0v) is 12.6. The van der Waals surface area contributed by atoms with Crippen LogP contribution in [0.4, 0.5) is 0 Å². The zero-order chi connectivity index (χ0) is 14.5. The third-order valence-corrected chi connectivity index (χ3v) is 4.12. The number of hydrogen-bond donors (Lipinski definition) is 2. The molecular formula is C15H25N3O2. The van der Waals surface area contributed by atoms with Crippen LogP contribution in [0.5, 0.6) is 0 Å². The third-order valence-electron chi connectivity index (χ3n) is 4.12. The van der Waals surface area contributed by atoms with Gasteiger partial charge in [0.25, 0.3) is 0 Å². The number of ether oxygens (including phenoxy) is 1. The van der Waals surface area contributed by atoms with Crippen molar-refractivity contribution in [3.8, 4) is 0 Å². The second kappa shape index (κ2) is 7.02. The second-order valence-corrected chi connectivity index (χ2v) is 5.61. The Morgan fingerprint density at radius 3 is 3.05 bits per heavy atom. The van der Waals surface area contributed by atoms with Crippen LogP contribution in [0.15, 0.2) is 23.0 Å². The molecule has 0 spiro atoms. The molecule has 1 aromatic rings. The molecule has 2 N–H and O–H groups in total. The molecule has 2 heterocycles. The number of aromatic nitrogens is 1. The van der Waals surface area contributed by atoms with Crippen LogP contribution in [0.25, 0.3) is 0 Å². The molecule has 0 bridgehead atoms. The van der Waals surface area contributed by atoms with Crippen molar-refractivity contribution < 1.29 is 4.74 Å². The quantitative estimate of drug-likeness (QED) is 0.848. The van der Waals surface area contributed by atoms with Gasteiger partial charge in [-0.2, -0.15) is 0 Å². The average Bonchev–Trinajstić information content (AvgIpc) is 2.42. The van der Waals surface area contributed by atoms with Crippen LogP contribution >= 0.6 is 0 Å². The molecule has 2 rings (SSSR count). The van der Waals surface area contributed by atoms with Gasteiger partial charge in [-0.1, -0.05) is 6.07 Å². The van der Waals surface area contributed by atoms with E-state index >= 15 is 0 Å². The Labute approximate surface area is 120 Å². The minimum atomic E-state index is -0.0506. The first-order valence-corrected chi connectivity index (χ1v) is 7.26. The summed E-state index contributed by atoms with van der Waals surface area (Å²) < 4.78 is 5.35. The van der Waals surface area contributed by atoms with E-state index in [0.29, 0.717) is 12.1 Å². The first kappa shape index (κ1) is 15.2. The Balaban J connectivity index is 2.04. The fourth-order valence-corrected chi connectivity index (χ4v) is 2.96. The average molecular weight is 279 g/mol. The van der Waals surface area contributed by atoms with Crippen LogP contribution in [0, 0.1) is 0 Å². The molecule has 0 saturated carbocycles. The third kappa shape index (κ3) is 3.69. The van der Waals surface area contributed by atoms with Gasteiger partial charge in [0, 0.05) is 37.0 Å². The van der Waals surface area contributed by atoms with Crippen molar-refractivity contribution >= 4 is 0 Å². The summed E-state index contributed by atoms with van der Waals surface area (Å²) in [5.74, 6) is 0. The van der Waals surface area contributed by atoms with Gasteiger partial charge in [-0.05, 0) is 39.4 Å². The van der Waals surface area contributed by atoms with Crippen molar-refractivity contribution in [3.63, 3.8) is 0 Å². The maximum Gasteiger partial charge on any atom is 0.248 e. The van der Waals surface area contributed by atoms with E-state index in [9.17, 15) is 4.79 Å². The van der Waals surface area contributed by atoms with E-state index in [0.717, 1.165) is 25.3 Å². The first-order valence-electron chi connectivity index (χ1n) is 7.26. The van der Waals surface area contributed by atoms with Crippen LogP contribution < -0.4 is 10.9 Å². The zero-order valence-electron chi connectivity index (χ0n) is 12.6. The molecule has 1 aliphatic heterocycles. The Kier molecular flexibility index (Phi) is 5.34. The van der Waals surface area contributed by atoms with E-state index in [1.54, 1.807) is 19.2 Å². The number of nitrogens with zero attached hydrogens (tertiary/aromatic N) is 1. The first-order chi connectivity index (χ1) is 9.61. The van der Waals surface area contributed by atoms with Crippen LogP contribution in [0.1, 0.15) is 31.5 Å². The van der Waals surface area contributed by atoms with Gasteiger partial charge in [0.15, 0.2) is 0 Å². The maximum absolute atomic E-state index is 11.4. The standard InChI is InChI=1S/C15H25N3O2/c1-11(12-6-4-8-15(19)17-12)16-13-7-5-9-18(2)14(13)10-20-3/h4,6,8,11,13-14,16H,5,7,9-10H2,1-3H3,(H,17,19). The molecule has 3 atom stereocenters. The molecule has 0 radical (unpaired) electrons. The normalized spacial score (nSPS) is 25.6. The summed E-state index contributed by atoms with van der Waals surface area (Å²) in [7, 11) is 3.89. The molecule has 1 aliphatic rings. The van der Waals surface area contributed by atoms with Crippen molar-refractivity contribution in [2.24, 2.45) is 0 Å². The topological polar surface area (TPSA) is 57.4 Å². The lowest BCUT2D eigenvalue weighted by molar-refractivity contribution is 0.0558. The SMILES string of the molecule is COCC1C(NC(C)c2cccc(=O)[nH]2)CCCN1C. The van der Waals surface area contributed by atoms with E-state index in [-0.39, 0.29) is 11.6 Å². The number of pyridine rings is 1. The summed E-state index contributed by atoms with van der Waals surface area (Å²) in [5, 5.41) is 3.64. The Morgan fingerprint density at radius 1 is 1.55 bits per heavy atom. The lowest BCUT2D eigenvalue weighted by atomic mass is 9.96. The number of likely N-dealkylation sites (N-methyl/N-ethyl adjacent to an activating group) is 1. The predicted molar refractivity (Wildman–Crippen MR) is 79.9 cm³/mol. The van der Waals surface area contributed by atoms with Crippen molar-refractivity contribution in [2.75, 3.05) is 27.3 Å². The second-order valence-electron chi connectivity index (χ2n) is 5.61. The molecule has 0 aromatic carbocycles.